The third kappa shape index (κ3) is 21.6. The molecule has 0 spiro atoms. The van der Waals surface area contributed by atoms with E-state index in [0.717, 1.165) is 45.3 Å². The van der Waals surface area contributed by atoms with Crippen LogP contribution in [0.1, 0.15) is 255 Å². The fourth-order valence-electron chi connectivity index (χ4n) is 13.2. The van der Waals surface area contributed by atoms with E-state index >= 15 is 0 Å². The van der Waals surface area contributed by atoms with Crippen molar-refractivity contribution in [3.05, 3.63) is 234 Å². The third-order valence-electron chi connectivity index (χ3n) is 19.8. The van der Waals surface area contributed by atoms with E-state index in [1.54, 1.807) is 73.7 Å². The second kappa shape index (κ2) is 41.3. The number of hydrogen-bond acceptors (Lipinski definition) is 30. The molecule has 121 heavy (non-hydrogen) atoms. The summed E-state index contributed by atoms with van der Waals surface area (Å²) in [6.07, 6.45) is 4.03. The summed E-state index contributed by atoms with van der Waals surface area (Å²) in [5.74, 6) is 5.40. The van der Waals surface area contributed by atoms with Crippen LogP contribution in [-0.4, -0.2) is 212 Å². The summed E-state index contributed by atoms with van der Waals surface area (Å²) in [5.41, 5.74) is 7.47. The first kappa shape index (κ1) is 87.7. The number of ether oxygens (including phenoxy) is 5. The highest BCUT2D eigenvalue weighted by molar-refractivity contribution is 6.31. The van der Waals surface area contributed by atoms with Gasteiger partial charge in [-0.2, -0.15) is 0 Å². The van der Waals surface area contributed by atoms with E-state index in [4.69, 9.17) is 47.1 Å². The molecular formula is C91H80N4O26. The van der Waals surface area contributed by atoms with Gasteiger partial charge in [0.05, 0.1) is 41.9 Å². The molecule has 14 rings (SSSR count). The van der Waals surface area contributed by atoms with Crippen molar-refractivity contribution in [3.8, 4) is 35.5 Å². The number of benzene rings is 4. The van der Waals surface area contributed by atoms with Crippen LogP contribution in [0.3, 0.4) is 0 Å². The van der Waals surface area contributed by atoms with Crippen molar-refractivity contribution in [1.82, 2.24) is 14.7 Å². The zero-order valence-electron chi connectivity index (χ0n) is 66.1. The van der Waals surface area contributed by atoms with Crippen molar-refractivity contribution in [1.29, 1.82) is 0 Å². The zero-order valence-corrected chi connectivity index (χ0v) is 66.1. The molecule has 2 fully saturated rings. The van der Waals surface area contributed by atoms with E-state index in [-0.39, 0.29) is 157 Å². The third-order valence-corrected chi connectivity index (χ3v) is 19.8. The topological polar surface area (TPSA) is 425 Å². The lowest BCUT2D eigenvalue weighted by Crippen LogP contribution is -2.32. The number of esters is 5. The molecule has 6 aliphatic rings. The van der Waals surface area contributed by atoms with Crippen LogP contribution in [0.5, 0.6) is 0 Å². The van der Waals surface area contributed by atoms with Crippen LogP contribution < -0.4 is 5.73 Å². The predicted octanol–water partition coefficient (Wildman–Crippen LogP) is 8.90. The average molecular weight is 1650 g/mol. The summed E-state index contributed by atoms with van der Waals surface area (Å²) in [6.45, 7) is 12.8. The van der Waals surface area contributed by atoms with Gasteiger partial charge >= 0.3 is 29.8 Å². The molecule has 0 amide bonds. The molecule has 2 N–H and O–H groups in total. The molecule has 0 saturated carbocycles. The number of fused-ring (bicyclic) bond motifs is 8. The highest BCUT2D eigenvalue weighted by Crippen LogP contribution is 2.35. The molecule has 2 aliphatic heterocycles. The molecular weight excluding hydrogens is 1570 g/mol. The first-order valence-electron chi connectivity index (χ1n) is 38.9. The molecule has 30 heteroatoms. The summed E-state index contributed by atoms with van der Waals surface area (Å²) in [5, 5.41) is 0. The maximum Gasteiger partial charge on any atom is 0.323 e. The number of Topliss-reactive ketones (excluding diaryl/α,β-unsaturated/α-hetero) is 4. The number of nitrogens with zero attached hydrogens (tertiary/aromatic N) is 3. The Morgan fingerprint density at radius 1 is 0.355 bits per heavy atom. The van der Waals surface area contributed by atoms with Gasteiger partial charge in [0.1, 0.15) is 44.9 Å². The van der Waals surface area contributed by atoms with Gasteiger partial charge in [-0.25, -0.2) is 0 Å². The van der Waals surface area contributed by atoms with Crippen LogP contribution in [0.4, 0.5) is 0 Å². The van der Waals surface area contributed by atoms with Crippen LogP contribution in [-0.2, 0) is 47.7 Å². The van der Waals surface area contributed by atoms with Crippen LogP contribution in [0.2, 0.25) is 0 Å². The van der Waals surface area contributed by atoms with Crippen molar-refractivity contribution in [2.24, 2.45) is 5.73 Å². The number of hydrogen-bond donors (Lipinski definition) is 1. The molecule has 30 nitrogen and oxygen atoms in total. The number of carbonyl (C=O) groups is 17. The SMILES string of the molecule is CCN(CC)CC#CCOC(=O)CC(=O)c1cc2c(o1)C(=O)c1ccccc1C2=O.CC[C@H](N)C(=O)OCCOC(=O)CC(=O)c1cc2c(o1)C(=O)c1ccccc1C2=O.O=C(CC(=O)c1cc2c(o1)C(=O)c1ccccc1C2=O)OCC#CCN1CCCC1.O=C(CC(=O)c1cc2c(o1)C(=O)c1ccccc1C2=O)OCC#CCN1CCCCC1. The molecule has 1 atom stereocenters. The lowest BCUT2D eigenvalue weighted by molar-refractivity contribution is -0.152. The summed E-state index contributed by atoms with van der Waals surface area (Å²) in [4.78, 5) is 215. The summed E-state index contributed by atoms with van der Waals surface area (Å²) >= 11 is 0. The van der Waals surface area contributed by atoms with Gasteiger partial charge in [-0.1, -0.05) is 160 Å². The Balaban J connectivity index is 0.000000158. The summed E-state index contributed by atoms with van der Waals surface area (Å²) in [7, 11) is 0. The van der Waals surface area contributed by atoms with Crippen LogP contribution >= 0.6 is 0 Å². The number of furan rings is 4. The van der Waals surface area contributed by atoms with E-state index in [2.05, 4.69) is 50.2 Å². The van der Waals surface area contributed by atoms with Crippen molar-refractivity contribution >= 4 is 99.2 Å². The van der Waals surface area contributed by atoms with Gasteiger partial charge in [0.15, 0.2) is 89.0 Å². The molecule has 4 aromatic heterocycles. The average Bonchev–Trinajstić information content (AvgIpc) is 1.65. The minimum atomic E-state index is -0.869. The second-order valence-corrected chi connectivity index (χ2v) is 27.9. The zero-order chi connectivity index (χ0) is 86.4. The minimum Gasteiger partial charge on any atom is -0.462 e. The number of ketones is 12. The number of nitrogens with two attached hydrogens (primary N) is 1. The number of piperidine rings is 1. The molecule has 8 aromatic rings. The first-order valence-corrected chi connectivity index (χ1v) is 38.9. The van der Waals surface area contributed by atoms with Gasteiger partial charge in [0.2, 0.25) is 46.3 Å². The molecule has 4 aromatic carbocycles. The molecule has 620 valence electrons. The van der Waals surface area contributed by atoms with E-state index in [0.29, 0.717) is 26.1 Å². The van der Waals surface area contributed by atoms with Gasteiger partial charge in [-0.3, -0.25) is 96.2 Å². The van der Waals surface area contributed by atoms with Crippen LogP contribution in [0, 0.1) is 35.5 Å². The molecule has 0 radical (unpaired) electrons. The minimum absolute atomic E-state index is 0.0189. The quantitative estimate of drug-likeness (QED) is 0.0139. The van der Waals surface area contributed by atoms with E-state index in [1.165, 1.54) is 80.6 Å². The Kier molecular flexibility index (Phi) is 30.0. The molecule has 6 heterocycles. The lowest BCUT2D eigenvalue weighted by Gasteiger charge is -2.23. The second-order valence-electron chi connectivity index (χ2n) is 27.9. The van der Waals surface area contributed by atoms with Gasteiger partial charge in [-0.05, 0) is 95.6 Å². The van der Waals surface area contributed by atoms with Crippen molar-refractivity contribution in [2.45, 2.75) is 91.0 Å². The van der Waals surface area contributed by atoms with E-state index in [1.807, 2.05) is 13.8 Å². The predicted molar refractivity (Wildman–Crippen MR) is 424 cm³/mol. The first-order chi connectivity index (χ1) is 58.4. The Morgan fingerprint density at radius 3 is 0.909 bits per heavy atom. The van der Waals surface area contributed by atoms with Crippen molar-refractivity contribution in [2.75, 3.05) is 91.9 Å². The standard InChI is InChI=1S/C24H21NO6.C23H19NO6.C23H21NO6.C21H19NO8/c26-19(15-21(27)30-13-7-6-12-25-10-4-1-5-11-25)20-14-18-22(28)16-8-2-3-9-17(16)23(29)24(18)31-20;25-18(14-20(26)29-12-6-5-11-24-9-3-4-10-24)19-13-17-21(27)15-7-1-2-8-16(15)22(28)23(17)30-19;1-3-24(4-2)11-7-8-12-29-20(26)14-18(25)19-13-17-21(27)15-9-5-6-10-16(15)22(28)23(17)30-19;1-2-14(22)21(27)29-8-7-28-17(24)10-15(23)16-9-13-18(25)11-5-3-4-6-12(11)19(26)20(13)30-16/h2-3,8-9,14H,1,4-5,10-13,15H2;1-2,7-8,13H,3-4,9-12,14H2;5-6,9-10,13H,3-4,11-12,14H2,1-2H3;3-6,9,14H,2,7-8,10,22H2,1H3/t;;;14-/m...0/s1. The summed E-state index contributed by atoms with van der Waals surface area (Å²) in [6, 6.07) is 29.5. The van der Waals surface area contributed by atoms with E-state index < -0.39 is 119 Å². The number of rotatable bonds is 25. The highest BCUT2D eigenvalue weighted by Gasteiger charge is 2.40. The maximum atomic E-state index is 12.6. The maximum absolute atomic E-state index is 12.6. The van der Waals surface area contributed by atoms with Crippen molar-refractivity contribution in [3.63, 3.8) is 0 Å². The molecule has 4 aliphatic carbocycles. The van der Waals surface area contributed by atoms with Gasteiger partial charge in [-0.15, -0.1) is 0 Å². The fraction of sp³-hybridized carbons (Fsp3) is 0.308. The van der Waals surface area contributed by atoms with Gasteiger partial charge in [0.25, 0.3) is 0 Å². The molecule has 0 bridgehead atoms. The summed E-state index contributed by atoms with van der Waals surface area (Å²) < 4.78 is 45.9. The largest absolute Gasteiger partial charge is 0.462 e. The van der Waals surface area contributed by atoms with E-state index in [9.17, 15) is 81.5 Å². The number of likely N-dealkylation sites (tertiary alicyclic amines) is 2. The van der Waals surface area contributed by atoms with Crippen molar-refractivity contribution < 1.29 is 123 Å². The Bertz CT molecular complexity index is 5320. The van der Waals surface area contributed by atoms with Gasteiger partial charge in [0, 0.05) is 44.5 Å². The monoisotopic (exact) mass is 1640 g/mol. The highest BCUT2D eigenvalue weighted by atomic mass is 16.6. The Labute approximate surface area is 692 Å². The van der Waals surface area contributed by atoms with Crippen LogP contribution in [0.25, 0.3) is 0 Å². The Morgan fingerprint density at radius 2 is 0.620 bits per heavy atom. The Hall–Kier alpha value is -14.1. The molecule has 0 unspecified atom stereocenters. The number of carbonyl (C=O) groups excluding carboxylic acids is 17. The fourth-order valence-corrected chi connectivity index (χ4v) is 13.2. The lowest BCUT2D eigenvalue weighted by atomic mass is 9.88. The smallest absolute Gasteiger partial charge is 0.323 e. The normalized spacial score (nSPS) is 14.0. The molecule has 2 saturated heterocycles. The van der Waals surface area contributed by atoms with Gasteiger partial charge < -0.3 is 47.1 Å². The van der Waals surface area contributed by atoms with Crippen LogP contribution in [0.15, 0.2) is 139 Å².